The van der Waals surface area contributed by atoms with E-state index in [2.05, 4.69) is 4.74 Å². The van der Waals surface area contributed by atoms with Crippen molar-refractivity contribution in [1.82, 2.24) is 0 Å². The van der Waals surface area contributed by atoms with Gasteiger partial charge in [0.1, 0.15) is 5.75 Å². The number of hydrogen-bond donors (Lipinski definition) is 1. The smallest absolute Gasteiger partial charge is 0.416 e. The van der Waals surface area contributed by atoms with Crippen LogP contribution in [0.4, 0.5) is 59.7 Å². The van der Waals surface area contributed by atoms with Crippen LogP contribution in [-0.4, -0.2) is 41.6 Å². The Morgan fingerprint density at radius 3 is 2.11 bits per heavy atom. The average molecular weight is 540 g/mol. The molecule has 0 radical (unpaired) electrons. The summed E-state index contributed by atoms with van der Waals surface area (Å²) in [6, 6.07) is 4.19. The number of nitro benzene ring substituents is 1. The summed E-state index contributed by atoms with van der Waals surface area (Å²) in [5.41, 5.74) is -3.72. The number of carbonyl (C=O) groups excluding carboxylic acids is 1. The largest absolute Gasteiger partial charge is 0.485 e. The van der Waals surface area contributed by atoms with Crippen molar-refractivity contribution in [2.24, 2.45) is 0 Å². The minimum absolute atomic E-state index is 0.106. The molecule has 0 fully saturated rings. The molecule has 0 aliphatic carbocycles. The lowest BCUT2D eigenvalue weighted by atomic mass is 10.1. The summed E-state index contributed by atoms with van der Waals surface area (Å²) in [4.78, 5) is 22.2. The molecule has 17 heteroatoms. The van der Waals surface area contributed by atoms with Crippen LogP contribution in [0.2, 0.25) is 0 Å². The van der Waals surface area contributed by atoms with Crippen molar-refractivity contribution < 1.29 is 62.7 Å². The molecule has 0 saturated heterocycles. The van der Waals surface area contributed by atoms with Crippen LogP contribution in [0.15, 0.2) is 42.5 Å². The second-order valence-electron chi connectivity index (χ2n) is 6.96. The SMILES string of the molecule is O=C(Nc1cc(C(F)(F)F)ccc1OCC(F)(F)C(F)(F)C(F)(F)C(F)F)c1cccc([N+](=O)[O-])c1. The lowest BCUT2D eigenvalue weighted by Gasteiger charge is -2.32. The van der Waals surface area contributed by atoms with Gasteiger partial charge in [0.2, 0.25) is 0 Å². The third-order valence-corrected chi connectivity index (χ3v) is 4.44. The molecule has 0 aliphatic rings. The molecular weight excluding hydrogens is 529 g/mol. The van der Waals surface area contributed by atoms with Gasteiger partial charge in [0.15, 0.2) is 6.61 Å². The van der Waals surface area contributed by atoms with Gasteiger partial charge >= 0.3 is 30.4 Å². The van der Waals surface area contributed by atoms with Gasteiger partial charge in [0.05, 0.1) is 16.2 Å². The Balaban J connectivity index is 2.41. The summed E-state index contributed by atoms with van der Waals surface area (Å²) in [5.74, 6) is -21.6. The summed E-state index contributed by atoms with van der Waals surface area (Å²) in [7, 11) is 0. The molecule has 198 valence electrons. The number of carbonyl (C=O) groups is 1. The van der Waals surface area contributed by atoms with E-state index in [9.17, 15) is 63.2 Å². The van der Waals surface area contributed by atoms with Crippen LogP contribution in [0, 0.1) is 10.1 Å². The molecule has 1 amide bonds. The number of rotatable bonds is 9. The number of nitro groups is 1. The van der Waals surface area contributed by atoms with E-state index in [1.807, 2.05) is 0 Å². The van der Waals surface area contributed by atoms with E-state index in [0.29, 0.717) is 6.07 Å². The van der Waals surface area contributed by atoms with E-state index in [1.165, 1.54) is 0 Å². The molecular formula is C19H11F11N2O4. The molecule has 0 bridgehead atoms. The van der Waals surface area contributed by atoms with Gasteiger partial charge in [-0.2, -0.15) is 39.5 Å². The van der Waals surface area contributed by atoms with Gasteiger partial charge in [-0.3, -0.25) is 14.9 Å². The van der Waals surface area contributed by atoms with Crippen molar-refractivity contribution in [3.05, 3.63) is 63.7 Å². The maximum Gasteiger partial charge on any atom is 0.416 e. The second kappa shape index (κ2) is 9.77. The number of anilines is 1. The average Bonchev–Trinajstić information content (AvgIpc) is 2.77. The fourth-order valence-electron chi connectivity index (χ4n) is 2.52. The first-order chi connectivity index (χ1) is 16.3. The molecule has 0 aliphatic heterocycles. The van der Waals surface area contributed by atoms with Gasteiger partial charge in [0, 0.05) is 17.7 Å². The molecule has 6 nitrogen and oxygen atoms in total. The molecule has 0 aromatic heterocycles. The first kappa shape index (κ1) is 28.6. The zero-order valence-corrected chi connectivity index (χ0v) is 17.1. The van der Waals surface area contributed by atoms with E-state index in [1.54, 1.807) is 5.32 Å². The Hall–Kier alpha value is -3.66. The number of non-ortho nitro benzene ring substituents is 1. The molecule has 2 aromatic rings. The van der Waals surface area contributed by atoms with Crippen LogP contribution < -0.4 is 10.1 Å². The Kier molecular flexibility index (Phi) is 7.76. The van der Waals surface area contributed by atoms with Crippen molar-refractivity contribution in [3.63, 3.8) is 0 Å². The van der Waals surface area contributed by atoms with Crippen LogP contribution in [-0.2, 0) is 6.18 Å². The van der Waals surface area contributed by atoms with Gasteiger partial charge in [-0.05, 0) is 24.3 Å². The van der Waals surface area contributed by atoms with Crippen molar-refractivity contribution in [2.45, 2.75) is 30.4 Å². The summed E-state index contributed by atoms with van der Waals surface area (Å²) < 4.78 is 148. The minimum Gasteiger partial charge on any atom is -0.485 e. The number of ether oxygens (including phenoxy) is 1. The normalized spacial score (nSPS) is 13.0. The molecule has 1 N–H and O–H groups in total. The zero-order valence-electron chi connectivity index (χ0n) is 17.1. The Morgan fingerprint density at radius 1 is 0.972 bits per heavy atom. The van der Waals surface area contributed by atoms with E-state index in [4.69, 9.17) is 0 Å². The van der Waals surface area contributed by atoms with Crippen LogP contribution in [0.1, 0.15) is 15.9 Å². The van der Waals surface area contributed by atoms with Crippen LogP contribution in [0.5, 0.6) is 5.75 Å². The summed E-state index contributed by atoms with van der Waals surface area (Å²) in [6.07, 6.45) is -10.3. The first-order valence-electron chi connectivity index (χ1n) is 9.12. The van der Waals surface area contributed by atoms with Crippen molar-refractivity contribution in [1.29, 1.82) is 0 Å². The lowest BCUT2D eigenvalue weighted by Crippen LogP contribution is -2.59. The lowest BCUT2D eigenvalue weighted by molar-refractivity contribution is -0.384. The molecule has 0 spiro atoms. The number of benzene rings is 2. The highest BCUT2D eigenvalue weighted by Crippen LogP contribution is 2.49. The van der Waals surface area contributed by atoms with Crippen LogP contribution in [0.3, 0.4) is 0 Å². The number of nitrogens with zero attached hydrogens (tertiary/aromatic N) is 1. The number of alkyl halides is 11. The number of halogens is 11. The summed E-state index contributed by atoms with van der Waals surface area (Å²) in [6.45, 7) is -2.71. The van der Waals surface area contributed by atoms with Gasteiger partial charge < -0.3 is 10.1 Å². The Bertz CT molecular complexity index is 1140. The predicted molar refractivity (Wildman–Crippen MR) is 98.8 cm³/mol. The molecule has 0 heterocycles. The van der Waals surface area contributed by atoms with E-state index < -0.39 is 76.1 Å². The molecule has 2 aromatic carbocycles. The van der Waals surface area contributed by atoms with Crippen LogP contribution >= 0.6 is 0 Å². The standard InChI is InChI=1S/C19H11F11N2O4/c20-15(21)17(24,25)19(29,30)16(22,23)8-36-13-5-4-10(18(26,27)28)7-12(13)31-14(33)9-2-1-3-11(6-9)32(34)35/h1-7,15H,8H2,(H,31,33). The maximum absolute atomic E-state index is 13.8. The van der Waals surface area contributed by atoms with Crippen molar-refractivity contribution >= 4 is 17.3 Å². The van der Waals surface area contributed by atoms with E-state index in [0.717, 1.165) is 18.2 Å². The monoisotopic (exact) mass is 540 g/mol. The molecule has 2 rings (SSSR count). The summed E-state index contributed by atoms with van der Waals surface area (Å²) in [5, 5.41) is 12.6. The van der Waals surface area contributed by atoms with Gasteiger partial charge in [-0.25, -0.2) is 8.78 Å². The minimum atomic E-state index is -6.65. The molecule has 0 unspecified atom stereocenters. The van der Waals surface area contributed by atoms with Gasteiger partial charge in [-0.1, -0.05) is 6.07 Å². The Labute approximate surface area is 192 Å². The number of amides is 1. The quantitative estimate of drug-likeness (QED) is 0.226. The Morgan fingerprint density at radius 2 is 1.58 bits per heavy atom. The highest BCUT2D eigenvalue weighted by Gasteiger charge is 2.75. The van der Waals surface area contributed by atoms with Gasteiger partial charge in [-0.15, -0.1) is 0 Å². The molecule has 0 atom stereocenters. The van der Waals surface area contributed by atoms with Crippen molar-refractivity contribution in [2.75, 3.05) is 11.9 Å². The molecule has 36 heavy (non-hydrogen) atoms. The summed E-state index contributed by atoms with van der Waals surface area (Å²) >= 11 is 0. The van der Waals surface area contributed by atoms with E-state index in [-0.39, 0.29) is 18.2 Å². The topological polar surface area (TPSA) is 81.5 Å². The number of nitrogens with one attached hydrogen (secondary N) is 1. The number of hydrogen-bond acceptors (Lipinski definition) is 4. The van der Waals surface area contributed by atoms with E-state index >= 15 is 0 Å². The molecule has 0 saturated carbocycles. The highest BCUT2D eigenvalue weighted by atomic mass is 19.4. The van der Waals surface area contributed by atoms with Crippen molar-refractivity contribution in [3.8, 4) is 5.75 Å². The fraction of sp³-hybridized carbons (Fsp3) is 0.316. The van der Waals surface area contributed by atoms with Crippen LogP contribution in [0.25, 0.3) is 0 Å². The third-order valence-electron chi connectivity index (χ3n) is 4.44. The highest BCUT2D eigenvalue weighted by molar-refractivity contribution is 6.05. The fourth-order valence-corrected chi connectivity index (χ4v) is 2.52. The first-order valence-corrected chi connectivity index (χ1v) is 9.12. The predicted octanol–water partition coefficient (Wildman–Crippen LogP) is 6.42. The second-order valence-corrected chi connectivity index (χ2v) is 6.96. The third kappa shape index (κ3) is 5.76. The van der Waals surface area contributed by atoms with Gasteiger partial charge in [0.25, 0.3) is 11.6 Å². The zero-order chi connectivity index (χ0) is 27.7. The maximum atomic E-state index is 13.8.